The molecule has 2 aromatic rings. The van der Waals surface area contributed by atoms with Crippen LogP contribution in [0.25, 0.3) is 0 Å². The highest BCUT2D eigenvalue weighted by Gasteiger charge is 2.30. The molecule has 0 aromatic heterocycles. The normalized spacial score (nSPS) is 16.8. The summed E-state index contributed by atoms with van der Waals surface area (Å²) in [6.07, 6.45) is 0.770. The molecule has 1 atom stereocenters. The maximum absolute atomic E-state index is 12.2. The third-order valence-electron chi connectivity index (χ3n) is 4.31. The van der Waals surface area contributed by atoms with Crippen LogP contribution in [-0.2, 0) is 13.0 Å². The summed E-state index contributed by atoms with van der Waals surface area (Å²) in [4.78, 5) is 14.1. The molecule has 1 aliphatic rings. The highest BCUT2D eigenvalue weighted by atomic mass is 16.5. The van der Waals surface area contributed by atoms with E-state index in [1.54, 1.807) is 14.2 Å². The van der Waals surface area contributed by atoms with Crippen molar-refractivity contribution < 1.29 is 14.3 Å². The lowest BCUT2D eigenvalue weighted by atomic mass is 10.0. The van der Waals surface area contributed by atoms with Crippen LogP contribution in [0.15, 0.2) is 48.5 Å². The number of methoxy groups -OCH3 is 2. The standard InChI is InChI=1S/C19H22N2O3/c1-23-17-9-8-15(11-18(17)24-2)10-16-12-20-19(22)21(16)13-14-6-4-3-5-7-14/h3-9,11,16H,10,12-13H2,1-2H3,(H,20,22). The highest BCUT2D eigenvalue weighted by molar-refractivity contribution is 5.77. The number of nitrogens with zero attached hydrogens (tertiary/aromatic N) is 1. The number of amides is 2. The average molecular weight is 326 g/mol. The van der Waals surface area contributed by atoms with Gasteiger partial charge >= 0.3 is 6.03 Å². The second-order valence-electron chi connectivity index (χ2n) is 5.85. The molecule has 126 valence electrons. The van der Waals surface area contributed by atoms with Gasteiger partial charge in [0.1, 0.15) is 0 Å². The average Bonchev–Trinajstić information content (AvgIpc) is 2.96. The molecule has 1 aliphatic heterocycles. The van der Waals surface area contributed by atoms with E-state index in [0.717, 1.165) is 17.5 Å². The van der Waals surface area contributed by atoms with Crippen LogP contribution in [0.4, 0.5) is 4.79 Å². The Bertz CT molecular complexity index is 703. The number of carbonyl (C=O) groups is 1. The second-order valence-corrected chi connectivity index (χ2v) is 5.85. The zero-order chi connectivity index (χ0) is 16.9. The maximum atomic E-state index is 12.2. The number of hydrogen-bond donors (Lipinski definition) is 1. The van der Waals surface area contributed by atoms with Gasteiger partial charge in [-0.2, -0.15) is 0 Å². The van der Waals surface area contributed by atoms with Crippen molar-refractivity contribution in [2.24, 2.45) is 0 Å². The van der Waals surface area contributed by atoms with Crippen molar-refractivity contribution in [2.45, 2.75) is 19.0 Å². The summed E-state index contributed by atoms with van der Waals surface area (Å²) in [7, 11) is 3.25. The molecule has 0 radical (unpaired) electrons. The highest BCUT2D eigenvalue weighted by Crippen LogP contribution is 2.29. The van der Waals surface area contributed by atoms with Gasteiger partial charge in [0.25, 0.3) is 0 Å². The van der Waals surface area contributed by atoms with Gasteiger partial charge in [-0.3, -0.25) is 0 Å². The summed E-state index contributed by atoms with van der Waals surface area (Å²) < 4.78 is 10.6. The van der Waals surface area contributed by atoms with E-state index >= 15 is 0 Å². The Hall–Kier alpha value is -2.69. The van der Waals surface area contributed by atoms with E-state index in [1.165, 1.54) is 0 Å². The largest absolute Gasteiger partial charge is 0.493 e. The molecule has 1 N–H and O–H groups in total. The van der Waals surface area contributed by atoms with Crippen LogP contribution in [0.5, 0.6) is 11.5 Å². The van der Waals surface area contributed by atoms with Gasteiger partial charge in [-0.05, 0) is 29.7 Å². The summed E-state index contributed by atoms with van der Waals surface area (Å²) in [6, 6.07) is 16.1. The summed E-state index contributed by atoms with van der Waals surface area (Å²) in [5.41, 5.74) is 2.25. The molecule has 0 bridgehead atoms. The summed E-state index contributed by atoms with van der Waals surface area (Å²) >= 11 is 0. The zero-order valence-electron chi connectivity index (χ0n) is 14.0. The zero-order valence-corrected chi connectivity index (χ0v) is 14.0. The van der Waals surface area contributed by atoms with Crippen molar-refractivity contribution in [2.75, 3.05) is 20.8 Å². The smallest absolute Gasteiger partial charge is 0.318 e. The molecule has 1 heterocycles. The topological polar surface area (TPSA) is 50.8 Å². The number of hydrogen-bond acceptors (Lipinski definition) is 3. The molecule has 24 heavy (non-hydrogen) atoms. The molecule has 5 heteroatoms. The predicted octanol–water partition coefficient (Wildman–Crippen LogP) is 2.84. The number of benzene rings is 2. The van der Waals surface area contributed by atoms with Crippen molar-refractivity contribution in [1.29, 1.82) is 0 Å². The van der Waals surface area contributed by atoms with E-state index < -0.39 is 0 Å². The Labute approximate surface area is 142 Å². The molecule has 0 aliphatic carbocycles. The first-order valence-electron chi connectivity index (χ1n) is 8.00. The Morgan fingerprint density at radius 3 is 2.50 bits per heavy atom. The molecular weight excluding hydrogens is 304 g/mol. The molecule has 1 unspecified atom stereocenters. The quantitative estimate of drug-likeness (QED) is 0.888. The SMILES string of the molecule is COc1ccc(CC2CNC(=O)N2Cc2ccccc2)cc1OC. The van der Waals surface area contributed by atoms with Crippen molar-refractivity contribution in [3.63, 3.8) is 0 Å². The van der Waals surface area contributed by atoms with Crippen molar-refractivity contribution in [1.82, 2.24) is 10.2 Å². The lowest BCUT2D eigenvalue weighted by molar-refractivity contribution is 0.200. The Kier molecular flexibility index (Phi) is 4.89. The number of nitrogens with one attached hydrogen (secondary N) is 1. The number of rotatable bonds is 6. The Morgan fingerprint density at radius 1 is 1.04 bits per heavy atom. The van der Waals surface area contributed by atoms with Crippen LogP contribution < -0.4 is 14.8 Å². The number of carbonyl (C=O) groups excluding carboxylic acids is 1. The van der Waals surface area contributed by atoms with E-state index in [-0.39, 0.29) is 12.1 Å². The van der Waals surface area contributed by atoms with Crippen LogP contribution in [0.3, 0.4) is 0 Å². The van der Waals surface area contributed by atoms with Crippen molar-refractivity contribution >= 4 is 6.03 Å². The predicted molar refractivity (Wildman–Crippen MR) is 92.4 cm³/mol. The van der Waals surface area contributed by atoms with Crippen molar-refractivity contribution in [3.05, 3.63) is 59.7 Å². The molecule has 2 aromatic carbocycles. The van der Waals surface area contributed by atoms with Crippen LogP contribution in [0.1, 0.15) is 11.1 Å². The van der Waals surface area contributed by atoms with Crippen LogP contribution in [0.2, 0.25) is 0 Å². The molecule has 2 amide bonds. The van der Waals surface area contributed by atoms with Crippen LogP contribution >= 0.6 is 0 Å². The van der Waals surface area contributed by atoms with Gasteiger partial charge < -0.3 is 19.7 Å². The van der Waals surface area contributed by atoms with E-state index in [4.69, 9.17) is 9.47 Å². The fourth-order valence-electron chi connectivity index (χ4n) is 3.03. The summed E-state index contributed by atoms with van der Waals surface area (Å²) in [5, 5.41) is 2.94. The summed E-state index contributed by atoms with van der Waals surface area (Å²) in [5.74, 6) is 1.42. The van der Waals surface area contributed by atoms with Gasteiger partial charge in [-0.1, -0.05) is 36.4 Å². The summed E-state index contributed by atoms with van der Waals surface area (Å²) in [6.45, 7) is 1.27. The number of urea groups is 1. The lowest BCUT2D eigenvalue weighted by Crippen LogP contribution is -2.35. The van der Waals surface area contributed by atoms with Gasteiger partial charge in [0, 0.05) is 13.1 Å². The van der Waals surface area contributed by atoms with Gasteiger partial charge in [-0.25, -0.2) is 4.79 Å². The minimum atomic E-state index is -0.00988. The fourth-order valence-corrected chi connectivity index (χ4v) is 3.03. The molecule has 1 fully saturated rings. The minimum Gasteiger partial charge on any atom is -0.493 e. The minimum absolute atomic E-state index is 0.00988. The lowest BCUT2D eigenvalue weighted by Gasteiger charge is -2.23. The van der Waals surface area contributed by atoms with Crippen molar-refractivity contribution in [3.8, 4) is 11.5 Å². The third-order valence-corrected chi connectivity index (χ3v) is 4.31. The maximum Gasteiger partial charge on any atom is 0.318 e. The van der Waals surface area contributed by atoms with Crippen LogP contribution in [0, 0.1) is 0 Å². The monoisotopic (exact) mass is 326 g/mol. The van der Waals surface area contributed by atoms with E-state index in [2.05, 4.69) is 5.32 Å². The Balaban J connectivity index is 1.74. The van der Waals surface area contributed by atoms with E-state index in [1.807, 2.05) is 53.4 Å². The second kappa shape index (κ2) is 7.25. The first kappa shape index (κ1) is 16.2. The first-order valence-corrected chi connectivity index (χ1v) is 8.00. The molecule has 3 rings (SSSR count). The first-order chi connectivity index (χ1) is 11.7. The fraction of sp³-hybridized carbons (Fsp3) is 0.316. The molecule has 1 saturated heterocycles. The molecule has 0 spiro atoms. The van der Waals surface area contributed by atoms with Crippen LogP contribution in [-0.4, -0.2) is 37.7 Å². The molecule has 5 nitrogen and oxygen atoms in total. The van der Waals surface area contributed by atoms with Gasteiger partial charge in [0.2, 0.25) is 0 Å². The van der Waals surface area contributed by atoms with Gasteiger partial charge in [0.15, 0.2) is 11.5 Å². The third kappa shape index (κ3) is 3.45. The molecule has 0 saturated carbocycles. The number of ether oxygens (including phenoxy) is 2. The Morgan fingerprint density at radius 2 is 1.79 bits per heavy atom. The van der Waals surface area contributed by atoms with E-state index in [0.29, 0.717) is 24.6 Å². The van der Waals surface area contributed by atoms with E-state index in [9.17, 15) is 4.79 Å². The van der Waals surface area contributed by atoms with Gasteiger partial charge in [0.05, 0.1) is 20.3 Å². The molecular formula is C19H22N2O3. The van der Waals surface area contributed by atoms with Gasteiger partial charge in [-0.15, -0.1) is 0 Å².